The number of pyridine rings is 3. The molecular weight excluding hydrogens is 442 g/mol. The van der Waals surface area contributed by atoms with Gasteiger partial charge in [-0.05, 0) is 42.0 Å². The minimum Gasteiger partial charge on any atom is -0.396 e. The van der Waals surface area contributed by atoms with Gasteiger partial charge in [-0.2, -0.15) is 5.10 Å². The number of nitrogens with one attached hydrogen (secondary N) is 1. The normalized spacial score (nSPS) is 17.3. The number of anilines is 2. The van der Waals surface area contributed by atoms with Crippen molar-refractivity contribution in [1.29, 1.82) is 0 Å². The summed E-state index contributed by atoms with van der Waals surface area (Å²) >= 11 is 6.75. The van der Waals surface area contributed by atoms with Gasteiger partial charge in [-0.25, -0.2) is 9.97 Å². The predicted octanol–water partition coefficient (Wildman–Crippen LogP) is 2.94. The van der Waals surface area contributed by atoms with E-state index >= 15 is 0 Å². The SMILES string of the molecule is Cn1cc([C@H]2CC2C(=O)Nc2cc3c(Cl)c(-c4cnccc4CCO)nc(N)c3cn2)cn1. The summed E-state index contributed by atoms with van der Waals surface area (Å²) in [6.07, 6.45) is 9.82. The van der Waals surface area contributed by atoms with Gasteiger partial charge < -0.3 is 16.2 Å². The zero-order valence-electron chi connectivity index (χ0n) is 17.9. The number of aromatic nitrogens is 5. The predicted molar refractivity (Wildman–Crippen MR) is 126 cm³/mol. The van der Waals surface area contributed by atoms with Gasteiger partial charge in [0.05, 0.1) is 16.9 Å². The van der Waals surface area contributed by atoms with E-state index in [0.717, 1.165) is 17.5 Å². The monoisotopic (exact) mass is 463 g/mol. The molecule has 5 rings (SSSR count). The molecule has 1 saturated carbocycles. The van der Waals surface area contributed by atoms with E-state index in [2.05, 4.69) is 25.4 Å². The van der Waals surface area contributed by atoms with E-state index in [9.17, 15) is 9.90 Å². The highest BCUT2D eigenvalue weighted by atomic mass is 35.5. The highest BCUT2D eigenvalue weighted by Crippen LogP contribution is 2.48. The molecule has 0 spiro atoms. The maximum Gasteiger partial charge on any atom is 0.229 e. The summed E-state index contributed by atoms with van der Waals surface area (Å²) in [7, 11) is 1.86. The Kier molecular flexibility index (Phi) is 5.43. The topological polar surface area (TPSA) is 132 Å². The molecule has 168 valence electrons. The van der Waals surface area contributed by atoms with E-state index in [1.807, 2.05) is 19.3 Å². The van der Waals surface area contributed by atoms with E-state index in [0.29, 0.717) is 39.3 Å². The lowest BCUT2D eigenvalue weighted by Crippen LogP contribution is -2.15. The van der Waals surface area contributed by atoms with E-state index in [1.165, 1.54) is 0 Å². The van der Waals surface area contributed by atoms with Crippen LogP contribution in [0.3, 0.4) is 0 Å². The number of aliphatic hydroxyl groups excluding tert-OH is 1. The summed E-state index contributed by atoms with van der Waals surface area (Å²) in [4.78, 5) is 25.8. The van der Waals surface area contributed by atoms with Gasteiger partial charge in [-0.15, -0.1) is 0 Å². The summed E-state index contributed by atoms with van der Waals surface area (Å²) in [5.41, 5.74) is 9.30. The molecule has 1 unspecified atom stereocenters. The van der Waals surface area contributed by atoms with Gasteiger partial charge in [-0.1, -0.05) is 11.6 Å². The third-order valence-corrected chi connectivity index (χ3v) is 6.32. The Bertz CT molecular complexity index is 1370. The summed E-state index contributed by atoms with van der Waals surface area (Å²) < 4.78 is 1.74. The lowest BCUT2D eigenvalue weighted by atomic mass is 10.0. The van der Waals surface area contributed by atoms with Crippen molar-refractivity contribution in [2.45, 2.75) is 18.8 Å². The molecule has 9 nitrogen and oxygen atoms in total. The van der Waals surface area contributed by atoms with Gasteiger partial charge in [0, 0.05) is 60.7 Å². The number of amides is 1. The molecule has 33 heavy (non-hydrogen) atoms. The van der Waals surface area contributed by atoms with Crippen LogP contribution >= 0.6 is 11.6 Å². The van der Waals surface area contributed by atoms with Crippen molar-refractivity contribution in [2.24, 2.45) is 13.0 Å². The van der Waals surface area contributed by atoms with E-state index in [4.69, 9.17) is 17.3 Å². The number of aliphatic hydroxyl groups is 1. The standard InChI is InChI=1S/C23H22ClN7O2/c1-31-11-13(8-28-31)14-6-16(14)23(33)29-19-7-15-18(10-27-19)22(25)30-21(20(15)24)17-9-26-4-2-12(17)3-5-32/h2,4,7-11,14,16,32H,3,5-6H2,1H3,(H2,25,30)(H,27,29,33)/t14-,16?/m1/s1. The molecule has 0 saturated heterocycles. The van der Waals surface area contributed by atoms with E-state index in [-0.39, 0.29) is 30.2 Å². The van der Waals surface area contributed by atoms with Crippen LogP contribution in [-0.4, -0.2) is 42.4 Å². The van der Waals surface area contributed by atoms with Crippen LogP contribution in [0.5, 0.6) is 0 Å². The average Bonchev–Trinajstić information content (AvgIpc) is 3.50. The number of halogens is 1. The molecule has 1 amide bonds. The first-order valence-electron chi connectivity index (χ1n) is 10.5. The molecule has 1 aliphatic rings. The number of hydrogen-bond donors (Lipinski definition) is 3. The van der Waals surface area contributed by atoms with Gasteiger partial charge in [0.1, 0.15) is 11.6 Å². The number of hydrogen-bond acceptors (Lipinski definition) is 7. The Balaban J connectivity index is 1.45. The van der Waals surface area contributed by atoms with E-state index < -0.39 is 0 Å². The van der Waals surface area contributed by atoms with Gasteiger partial charge in [0.2, 0.25) is 5.91 Å². The molecule has 0 radical (unpaired) electrons. The minimum absolute atomic E-state index is 0.0149. The van der Waals surface area contributed by atoms with Crippen LogP contribution < -0.4 is 11.1 Å². The molecule has 0 bridgehead atoms. The van der Waals surface area contributed by atoms with Crippen molar-refractivity contribution in [2.75, 3.05) is 17.7 Å². The second kappa shape index (κ2) is 8.42. The Hall–Kier alpha value is -3.56. The van der Waals surface area contributed by atoms with Gasteiger partial charge in [0.25, 0.3) is 0 Å². The van der Waals surface area contributed by atoms with Crippen molar-refractivity contribution >= 4 is 39.9 Å². The lowest BCUT2D eigenvalue weighted by molar-refractivity contribution is -0.117. The molecule has 1 fully saturated rings. The van der Waals surface area contributed by atoms with Crippen LogP contribution in [0.15, 0.2) is 43.1 Å². The number of nitrogen functional groups attached to an aromatic ring is 1. The fraction of sp³-hybridized carbons (Fsp3) is 0.261. The van der Waals surface area contributed by atoms with Crippen LogP contribution in [-0.2, 0) is 18.3 Å². The third kappa shape index (κ3) is 4.01. The Morgan fingerprint density at radius 3 is 2.94 bits per heavy atom. The molecular formula is C23H22ClN7O2. The first-order valence-corrected chi connectivity index (χ1v) is 10.9. The number of nitrogens with zero attached hydrogens (tertiary/aromatic N) is 5. The van der Waals surface area contributed by atoms with Crippen LogP contribution in [0.1, 0.15) is 23.5 Å². The molecule has 4 aromatic rings. The van der Waals surface area contributed by atoms with Crippen LogP contribution in [0.4, 0.5) is 11.6 Å². The molecule has 10 heteroatoms. The van der Waals surface area contributed by atoms with Gasteiger partial charge in [0.15, 0.2) is 0 Å². The maximum atomic E-state index is 12.8. The molecule has 0 aromatic carbocycles. The first kappa shape index (κ1) is 21.3. The largest absolute Gasteiger partial charge is 0.396 e. The number of carbonyl (C=O) groups excluding carboxylic acids is 1. The van der Waals surface area contributed by atoms with E-state index in [1.54, 1.807) is 35.5 Å². The number of aryl methyl sites for hydroxylation is 1. The van der Waals surface area contributed by atoms with Crippen molar-refractivity contribution in [3.8, 4) is 11.3 Å². The summed E-state index contributed by atoms with van der Waals surface area (Å²) in [5.74, 6) is 0.630. The molecule has 4 aromatic heterocycles. The Labute approximate surface area is 194 Å². The smallest absolute Gasteiger partial charge is 0.229 e. The molecule has 4 heterocycles. The lowest BCUT2D eigenvalue weighted by Gasteiger charge is -2.13. The Morgan fingerprint density at radius 2 is 2.18 bits per heavy atom. The van der Waals surface area contributed by atoms with Crippen molar-refractivity contribution in [1.82, 2.24) is 24.7 Å². The fourth-order valence-corrected chi connectivity index (χ4v) is 4.42. The van der Waals surface area contributed by atoms with Crippen molar-refractivity contribution in [3.63, 3.8) is 0 Å². The summed E-state index contributed by atoms with van der Waals surface area (Å²) in [6, 6.07) is 3.52. The maximum absolute atomic E-state index is 12.8. The Morgan fingerprint density at radius 1 is 1.33 bits per heavy atom. The first-order chi connectivity index (χ1) is 16.0. The minimum atomic E-state index is -0.114. The zero-order chi connectivity index (χ0) is 23.1. The van der Waals surface area contributed by atoms with Crippen molar-refractivity contribution in [3.05, 3.63) is 59.3 Å². The quantitative estimate of drug-likeness (QED) is 0.400. The molecule has 4 N–H and O–H groups in total. The summed E-state index contributed by atoms with van der Waals surface area (Å²) in [5, 5.41) is 18.1. The van der Waals surface area contributed by atoms with Crippen molar-refractivity contribution < 1.29 is 9.90 Å². The second-order valence-corrected chi connectivity index (χ2v) is 8.54. The highest BCUT2D eigenvalue weighted by molar-refractivity contribution is 6.38. The molecule has 1 aliphatic carbocycles. The molecule has 2 atom stereocenters. The number of rotatable bonds is 6. The van der Waals surface area contributed by atoms with Crippen LogP contribution in [0.2, 0.25) is 5.02 Å². The zero-order valence-corrected chi connectivity index (χ0v) is 18.6. The fourth-order valence-electron chi connectivity index (χ4n) is 4.12. The molecule has 0 aliphatic heterocycles. The number of fused-ring (bicyclic) bond motifs is 1. The van der Waals surface area contributed by atoms with Crippen LogP contribution in [0, 0.1) is 5.92 Å². The number of carbonyl (C=O) groups is 1. The van der Waals surface area contributed by atoms with Crippen LogP contribution in [0.25, 0.3) is 22.0 Å². The summed E-state index contributed by atoms with van der Waals surface area (Å²) in [6.45, 7) is -0.0149. The number of nitrogens with two attached hydrogens (primary N) is 1. The van der Waals surface area contributed by atoms with Gasteiger partial charge in [-0.3, -0.25) is 14.5 Å². The average molecular weight is 464 g/mol. The highest BCUT2D eigenvalue weighted by Gasteiger charge is 2.44. The second-order valence-electron chi connectivity index (χ2n) is 8.17. The van der Waals surface area contributed by atoms with Gasteiger partial charge >= 0.3 is 0 Å². The third-order valence-electron chi connectivity index (χ3n) is 5.94.